The van der Waals surface area contributed by atoms with Crippen LogP contribution in [0.2, 0.25) is 5.02 Å². The van der Waals surface area contributed by atoms with Crippen LogP contribution in [-0.4, -0.2) is 29.1 Å². The molecule has 0 bridgehead atoms. The van der Waals surface area contributed by atoms with E-state index in [1.807, 2.05) is 24.3 Å². The van der Waals surface area contributed by atoms with Crippen molar-refractivity contribution in [2.45, 2.75) is 39.2 Å². The van der Waals surface area contributed by atoms with Crippen LogP contribution in [0.25, 0.3) is 11.4 Å². The van der Waals surface area contributed by atoms with Crippen molar-refractivity contribution < 1.29 is 0 Å². The SMILES string of the molecule is CCc1c(C)nc(-c2ccc(Cl)cc2)nc1NC1CCCNC1. The van der Waals surface area contributed by atoms with Crippen LogP contribution in [0.5, 0.6) is 0 Å². The first-order valence-electron chi connectivity index (χ1n) is 8.28. The molecule has 122 valence electrons. The zero-order valence-corrected chi connectivity index (χ0v) is 14.5. The van der Waals surface area contributed by atoms with Gasteiger partial charge in [-0.25, -0.2) is 9.97 Å². The van der Waals surface area contributed by atoms with Crippen molar-refractivity contribution in [2.75, 3.05) is 18.4 Å². The second kappa shape index (κ2) is 7.28. The molecule has 0 spiro atoms. The molecule has 1 aliphatic rings. The normalized spacial score (nSPS) is 18.0. The van der Waals surface area contributed by atoms with E-state index in [0.29, 0.717) is 6.04 Å². The molecule has 1 aromatic heterocycles. The van der Waals surface area contributed by atoms with Gasteiger partial charge in [0.15, 0.2) is 5.82 Å². The van der Waals surface area contributed by atoms with E-state index >= 15 is 0 Å². The largest absolute Gasteiger partial charge is 0.366 e. The minimum Gasteiger partial charge on any atom is -0.366 e. The molecule has 0 aliphatic carbocycles. The second-order valence-electron chi connectivity index (χ2n) is 6.01. The van der Waals surface area contributed by atoms with Gasteiger partial charge in [-0.1, -0.05) is 18.5 Å². The molecular formula is C18H23ClN4. The highest BCUT2D eigenvalue weighted by molar-refractivity contribution is 6.30. The lowest BCUT2D eigenvalue weighted by Gasteiger charge is -2.26. The number of halogens is 1. The van der Waals surface area contributed by atoms with E-state index in [-0.39, 0.29) is 0 Å². The summed E-state index contributed by atoms with van der Waals surface area (Å²) in [4.78, 5) is 9.49. The highest BCUT2D eigenvalue weighted by Crippen LogP contribution is 2.25. The average molecular weight is 331 g/mol. The molecule has 0 amide bonds. The number of aryl methyl sites for hydroxylation is 1. The fourth-order valence-corrected chi connectivity index (χ4v) is 3.16. The minimum absolute atomic E-state index is 0.432. The number of hydrogen-bond acceptors (Lipinski definition) is 4. The Morgan fingerprint density at radius 1 is 1.26 bits per heavy atom. The Hall–Kier alpha value is -1.65. The van der Waals surface area contributed by atoms with Gasteiger partial charge in [0.2, 0.25) is 0 Å². The van der Waals surface area contributed by atoms with E-state index in [1.54, 1.807) is 0 Å². The van der Waals surface area contributed by atoms with Gasteiger partial charge >= 0.3 is 0 Å². The lowest BCUT2D eigenvalue weighted by molar-refractivity contribution is 0.478. The molecule has 1 aromatic carbocycles. The first-order chi connectivity index (χ1) is 11.2. The highest BCUT2D eigenvalue weighted by atomic mass is 35.5. The van der Waals surface area contributed by atoms with Crippen LogP contribution in [0.1, 0.15) is 31.0 Å². The predicted molar refractivity (Wildman–Crippen MR) is 96.1 cm³/mol. The molecule has 2 heterocycles. The van der Waals surface area contributed by atoms with E-state index < -0.39 is 0 Å². The first kappa shape index (κ1) is 16.2. The molecule has 1 saturated heterocycles. The number of hydrogen-bond donors (Lipinski definition) is 2. The number of aromatic nitrogens is 2. The molecule has 3 rings (SSSR count). The summed E-state index contributed by atoms with van der Waals surface area (Å²) in [6.07, 6.45) is 3.30. The van der Waals surface area contributed by atoms with Gasteiger partial charge in [-0.15, -0.1) is 0 Å². The zero-order chi connectivity index (χ0) is 16.2. The summed E-state index contributed by atoms with van der Waals surface area (Å²) in [7, 11) is 0. The summed E-state index contributed by atoms with van der Waals surface area (Å²) in [6.45, 7) is 6.31. The fourth-order valence-electron chi connectivity index (χ4n) is 3.04. The topological polar surface area (TPSA) is 49.8 Å². The van der Waals surface area contributed by atoms with Gasteiger partial charge < -0.3 is 10.6 Å². The Morgan fingerprint density at radius 3 is 2.70 bits per heavy atom. The summed E-state index contributed by atoms with van der Waals surface area (Å²) in [6, 6.07) is 8.12. The Labute approximate surface area is 142 Å². The number of anilines is 1. The molecule has 1 atom stereocenters. The van der Waals surface area contributed by atoms with E-state index in [2.05, 4.69) is 29.5 Å². The van der Waals surface area contributed by atoms with E-state index in [4.69, 9.17) is 16.6 Å². The molecule has 1 unspecified atom stereocenters. The van der Waals surface area contributed by atoms with E-state index in [9.17, 15) is 0 Å². The molecule has 1 fully saturated rings. The van der Waals surface area contributed by atoms with Gasteiger partial charge in [-0.2, -0.15) is 0 Å². The maximum absolute atomic E-state index is 5.98. The minimum atomic E-state index is 0.432. The Morgan fingerprint density at radius 2 is 2.04 bits per heavy atom. The zero-order valence-electron chi connectivity index (χ0n) is 13.7. The molecular weight excluding hydrogens is 308 g/mol. The van der Waals surface area contributed by atoms with E-state index in [1.165, 1.54) is 18.4 Å². The van der Waals surface area contributed by atoms with Crippen molar-refractivity contribution >= 4 is 17.4 Å². The van der Waals surface area contributed by atoms with Crippen LogP contribution < -0.4 is 10.6 Å². The van der Waals surface area contributed by atoms with Crippen molar-refractivity contribution in [3.8, 4) is 11.4 Å². The van der Waals surface area contributed by atoms with Crippen molar-refractivity contribution in [3.63, 3.8) is 0 Å². The summed E-state index contributed by atoms with van der Waals surface area (Å²) >= 11 is 5.98. The van der Waals surface area contributed by atoms with Gasteiger partial charge in [0.25, 0.3) is 0 Å². The van der Waals surface area contributed by atoms with Crippen molar-refractivity contribution in [3.05, 3.63) is 40.5 Å². The summed E-state index contributed by atoms with van der Waals surface area (Å²) in [5.74, 6) is 1.72. The van der Waals surface area contributed by atoms with Crippen LogP contribution in [0, 0.1) is 6.92 Å². The quantitative estimate of drug-likeness (QED) is 0.894. The van der Waals surface area contributed by atoms with Crippen LogP contribution >= 0.6 is 11.6 Å². The Kier molecular flexibility index (Phi) is 5.13. The van der Waals surface area contributed by atoms with Crippen LogP contribution in [0.4, 0.5) is 5.82 Å². The van der Waals surface area contributed by atoms with Gasteiger partial charge in [0.1, 0.15) is 5.82 Å². The molecule has 2 N–H and O–H groups in total. The summed E-state index contributed by atoms with van der Waals surface area (Å²) in [5.41, 5.74) is 3.23. The predicted octanol–water partition coefficient (Wildman–Crippen LogP) is 3.83. The third kappa shape index (κ3) is 3.82. The molecule has 4 nitrogen and oxygen atoms in total. The van der Waals surface area contributed by atoms with Gasteiger partial charge in [-0.3, -0.25) is 0 Å². The lowest BCUT2D eigenvalue weighted by atomic mass is 10.1. The first-order valence-corrected chi connectivity index (χ1v) is 8.66. The van der Waals surface area contributed by atoms with Crippen LogP contribution in [0.15, 0.2) is 24.3 Å². The standard InChI is InChI=1S/C18H23ClN4/c1-3-16-12(2)21-17(13-6-8-14(19)9-7-13)23-18(16)22-15-5-4-10-20-11-15/h6-9,15,20H,3-5,10-11H2,1-2H3,(H,21,22,23). The van der Waals surface area contributed by atoms with E-state index in [0.717, 1.165) is 47.4 Å². The van der Waals surface area contributed by atoms with Crippen molar-refractivity contribution in [1.82, 2.24) is 15.3 Å². The van der Waals surface area contributed by atoms with Gasteiger partial charge in [0.05, 0.1) is 0 Å². The molecule has 0 radical (unpaired) electrons. The maximum Gasteiger partial charge on any atom is 0.161 e. The van der Waals surface area contributed by atoms with Crippen LogP contribution in [0.3, 0.4) is 0 Å². The number of benzene rings is 1. The number of piperidine rings is 1. The number of rotatable bonds is 4. The Balaban J connectivity index is 1.94. The van der Waals surface area contributed by atoms with Crippen molar-refractivity contribution in [1.29, 1.82) is 0 Å². The number of nitrogens with one attached hydrogen (secondary N) is 2. The third-order valence-electron chi connectivity index (χ3n) is 4.31. The summed E-state index contributed by atoms with van der Waals surface area (Å²) in [5, 5.41) is 7.79. The molecule has 5 heteroatoms. The molecule has 2 aromatic rings. The monoisotopic (exact) mass is 330 g/mol. The number of nitrogens with zero attached hydrogens (tertiary/aromatic N) is 2. The summed E-state index contributed by atoms with van der Waals surface area (Å²) < 4.78 is 0. The highest BCUT2D eigenvalue weighted by Gasteiger charge is 2.17. The average Bonchev–Trinajstić information content (AvgIpc) is 2.56. The lowest BCUT2D eigenvalue weighted by Crippen LogP contribution is -2.39. The molecule has 0 saturated carbocycles. The van der Waals surface area contributed by atoms with Crippen LogP contribution in [-0.2, 0) is 6.42 Å². The fraction of sp³-hybridized carbons (Fsp3) is 0.444. The van der Waals surface area contributed by atoms with Gasteiger partial charge in [-0.05, 0) is 57.0 Å². The maximum atomic E-state index is 5.98. The molecule has 1 aliphatic heterocycles. The van der Waals surface area contributed by atoms with Gasteiger partial charge in [0, 0.05) is 34.4 Å². The second-order valence-corrected chi connectivity index (χ2v) is 6.44. The smallest absolute Gasteiger partial charge is 0.161 e. The van der Waals surface area contributed by atoms with Crippen molar-refractivity contribution in [2.24, 2.45) is 0 Å². The molecule has 23 heavy (non-hydrogen) atoms. The third-order valence-corrected chi connectivity index (χ3v) is 4.56. The Bertz CT molecular complexity index is 663.